The van der Waals surface area contributed by atoms with Gasteiger partial charge in [0.2, 0.25) is 0 Å². The highest BCUT2D eigenvalue weighted by Gasteiger charge is 2.47. The van der Waals surface area contributed by atoms with Crippen LogP contribution in [0.5, 0.6) is 0 Å². The van der Waals surface area contributed by atoms with Gasteiger partial charge in [-0.05, 0) is 77.0 Å². The van der Waals surface area contributed by atoms with E-state index < -0.39 is 86.7 Å². The molecule has 0 saturated carbocycles. The molecule has 66 heavy (non-hydrogen) atoms. The summed E-state index contributed by atoms with van der Waals surface area (Å²) in [4.78, 5) is 13.0. The van der Waals surface area contributed by atoms with Crippen molar-refractivity contribution in [1.29, 1.82) is 0 Å². The maximum atomic E-state index is 13.0. The molecule has 11 unspecified atom stereocenters. The lowest BCUT2D eigenvalue weighted by atomic mass is 9.98. The van der Waals surface area contributed by atoms with E-state index in [1.54, 1.807) is 0 Å². The minimum Gasteiger partial charge on any atom is -0.457 e. The van der Waals surface area contributed by atoms with Gasteiger partial charge in [-0.25, -0.2) is 0 Å². The minimum atomic E-state index is -1.71. The predicted molar refractivity (Wildman–Crippen MR) is 256 cm³/mol. The molecule has 0 amide bonds. The Hall–Kier alpha value is -2.05. The molecule has 0 radical (unpaired) electrons. The van der Waals surface area contributed by atoms with E-state index in [2.05, 4.69) is 62.5 Å². The zero-order valence-electron chi connectivity index (χ0n) is 40.7. The zero-order valence-corrected chi connectivity index (χ0v) is 40.7. The molecular weight excluding hydrogens is 849 g/mol. The Morgan fingerprint density at radius 3 is 1.48 bits per heavy atom. The summed E-state index contributed by atoms with van der Waals surface area (Å²) in [5.41, 5.74) is 0. The van der Waals surface area contributed by atoms with Gasteiger partial charge in [0.05, 0.1) is 26.4 Å². The maximum Gasteiger partial charge on any atom is 0.306 e. The number of unbranched alkanes of at least 4 members (excludes halogenated alkanes) is 18. The van der Waals surface area contributed by atoms with Gasteiger partial charge in [0.15, 0.2) is 12.6 Å². The molecule has 0 aromatic heterocycles. The van der Waals surface area contributed by atoms with Crippen molar-refractivity contribution in [2.45, 2.75) is 242 Å². The van der Waals surface area contributed by atoms with Gasteiger partial charge in [-0.2, -0.15) is 0 Å². The zero-order chi connectivity index (χ0) is 48.0. The van der Waals surface area contributed by atoms with Gasteiger partial charge in [0.25, 0.3) is 0 Å². The Morgan fingerprint density at radius 1 is 0.500 bits per heavy atom. The van der Waals surface area contributed by atoms with Crippen LogP contribution in [0.3, 0.4) is 0 Å². The van der Waals surface area contributed by atoms with Crippen molar-refractivity contribution in [3.05, 3.63) is 48.6 Å². The average Bonchev–Trinajstić information content (AvgIpc) is 3.31. The van der Waals surface area contributed by atoms with E-state index in [4.69, 9.17) is 28.4 Å². The number of ether oxygens (including phenoxy) is 6. The Kier molecular flexibility index (Phi) is 36.2. The molecule has 2 fully saturated rings. The van der Waals surface area contributed by atoms with Crippen molar-refractivity contribution < 1.29 is 69.0 Å². The Bertz CT molecular complexity index is 1280. The molecule has 0 aromatic carbocycles. The van der Waals surface area contributed by atoms with Crippen LogP contribution in [0.2, 0.25) is 0 Å². The fourth-order valence-electron chi connectivity index (χ4n) is 7.81. The van der Waals surface area contributed by atoms with Crippen LogP contribution in [0.15, 0.2) is 48.6 Å². The summed E-state index contributed by atoms with van der Waals surface area (Å²) in [7, 11) is 0. The van der Waals surface area contributed by atoms with Crippen LogP contribution in [0.1, 0.15) is 174 Å². The largest absolute Gasteiger partial charge is 0.457 e. The third-order valence-electron chi connectivity index (χ3n) is 12.1. The number of rotatable bonds is 40. The molecule has 0 spiro atoms. The van der Waals surface area contributed by atoms with Crippen molar-refractivity contribution in [1.82, 2.24) is 0 Å². The van der Waals surface area contributed by atoms with E-state index in [0.717, 1.165) is 77.0 Å². The van der Waals surface area contributed by atoms with Crippen LogP contribution in [0.4, 0.5) is 0 Å². The van der Waals surface area contributed by atoms with Crippen molar-refractivity contribution in [2.75, 3.05) is 33.0 Å². The lowest BCUT2D eigenvalue weighted by Gasteiger charge is -2.42. The number of hydrogen-bond acceptors (Lipinski definition) is 14. The summed E-state index contributed by atoms with van der Waals surface area (Å²) in [5, 5.41) is 72.1. The van der Waals surface area contributed by atoms with Crippen molar-refractivity contribution in [2.24, 2.45) is 0 Å². The summed E-state index contributed by atoms with van der Waals surface area (Å²) in [6, 6.07) is 0. The van der Waals surface area contributed by atoms with E-state index in [9.17, 15) is 40.5 Å². The van der Waals surface area contributed by atoms with Crippen LogP contribution in [0.25, 0.3) is 0 Å². The number of carbonyl (C=O) groups is 1. The number of aliphatic hydroxyl groups is 7. The van der Waals surface area contributed by atoms with Crippen molar-refractivity contribution >= 4 is 5.97 Å². The second kappa shape index (κ2) is 39.8. The van der Waals surface area contributed by atoms with E-state index in [0.29, 0.717) is 13.0 Å². The number of aliphatic hydroxyl groups excluding tert-OH is 7. The van der Waals surface area contributed by atoms with Crippen molar-refractivity contribution in [3.8, 4) is 0 Å². The van der Waals surface area contributed by atoms with Crippen molar-refractivity contribution in [3.63, 3.8) is 0 Å². The number of hydrogen-bond donors (Lipinski definition) is 7. The first-order chi connectivity index (χ1) is 32.1. The molecule has 0 aromatic rings. The molecule has 0 aliphatic carbocycles. The van der Waals surface area contributed by atoms with Crippen LogP contribution < -0.4 is 0 Å². The third-order valence-corrected chi connectivity index (χ3v) is 12.1. The highest BCUT2D eigenvalue weighted by molar-refractivity contribution is 5.69. The number of esters is 1. The standard InChI is InChI=1S/C52H92O14/c1-3-5-7-9-11-13-15-17-18-19-20-21-22-23-25-27-29-31-33-35-44(54)64-41(38-61-36-34-32-30-28-26-24-16-14-12-10-8-6-4-2)39-62-51-50(60)48(58)46(56)43(66-51)40-63-52-49(59)47(57)45(55)42(37-53)65-52/h11-14,17-18,20-21,41-43,45-53,55-60H,3-10,15-16,19,22-40H2,1-2H3/b13-11-,14-12-,18-17-,21-20-. The van der Waals surface area contributed by atoms with E-state index >= 15 is 0 Å². The Balaban J connectivity index is 1.77. The first-order valence-electron chi connectivity index (χ1n) is 25.7. The molecule has 2 aliphatic rings. The monoisotopic (exact) mass is 941 g/mol. The maximum absolute atomic E-state index is 13.0. The SMILES string of the molecule is CCCCC/C=C\C/C=C\C/C=C\CCCCCCCCC(=O)OC(COCCCCCCCC/C=C\CCCCC)COC1OC(COC2OC(CO)C(O)C(O)C2O)C(O)C(O)C1O. The fourth-order valence-corrected chi connectivity index (χ4v) is 7.81. The van der Waals surface area contributed by atoms with E-state index in [-0.39, 0.29) is 19.6 Å². The normalized spacial score (nSPS) is 26.7. The molecule has 2 aliphatic heterocycles. The minimum absolute atomic E-state index is 0.0508. The van der Waals surface area contributed by atoms with Gasteiger partial charge in [0.1, 0.15) is 54.9 Å². The molecule has 0 bridgehead atoms. The van der Waals surface area contributed by atoms with E-state index in [1.165, 1.54) is 70.6 Å². The lowest BCUT2D eigenvalue weighted by Crippen LogP contribution is -2.61. The van der Waals surface area contributed by atoms with Gasteiger partial charge in [-0.15, -0.1) is 0 Å². The fraction of sp³-hybridized carbons (Fsp3) is 0.827. The molecule has 14 heteroatoms. The van der Waals surface area contributed by atoms with Crippen LogP contribution in [-0.4, -0.2) is 142 Å². The third kappa shape index (κ3) is 27.2. The van der Waals surface area contributed by atoms with Crippen LogP contribution in [0, 0.1) is 0 Å². The summed E-state index contributed by atoms with van der Waals surface area (Å²) < 4.78 is 34.2. The quantitative estimate of drug-likeness (QED) is 0.0179. The second-order valence-electron chi connectivity index (χ2n) is 18.0. The predicted octanol–water partition coefficient (Wildman–Crippen LogP) is 7.57. The first-order valence-corrected chi connectivity index (χ1v) is 25.7. The number of carbonyl (C=O) groups excluding carboxylic acids is 1. The lowest BCUT2D eigenvalue weighted by molar-refractivity contribution is -0.332. The molecule has 14 nitrogen and oxygen atoms in total. The Labute approximate surface area is 397 Å². The van der Waals surface area contributed by atoms with Gasteiger partial charge in [-0.1, -0.05) is 140 Å². The molecule has 11 atom stereocenters. The topological polar surface area (TPSA) is 214 Å². The summed E-state index contributed by atoms with van der Waals surface area (Å²) >= 11 is 0. The van der Waals surface area contributed by atoms with Gasteiger partial charge < -0.3 is 64.2 Å². The second-order valence-corrected chi connectivity index (χ2v) is 18.0. The average molecular weight is 941 g/mol. The first kappa shape index (κ1) is 60.1. The molecule has 2 heterocycles. The molecule has 2 saturated heterocycles. The molecule has 7 N–H and O–H groups in total. The Morgan fingerprint density at radius 2 is 0.939 bits per heavy atom. The highest BCUT2D eigenvalue weighted by Crippen LogP contribution is 2.26. The summed E-state index contributed by atoms with van der Waals surface area (Å²) in [5.74, 6) is -0.392. The summed E-state index contributed by atoms with van der Waals surface area (Å²) in [6.07, 6.45) is 28.8. The smallest absolute Gasteiger partial charge is 0.306 e. The van der Waals surface area contributed by atoms with Crippen LogP contribution >= 0.6 is 0 Å². The van der Waals surface area contributed by atoms with E-state index in [1.807, 2.05) is 0 Å². The molecule has 2 rings (SSSR count). The molecular formula is C52H92O14. The summed E-state index contributed by atoms with van der Waals surface area (Å²) in [6.45, 7) is 3.60. The number of allylic oxidation sites excluding steroid dienone is 8. The highest BCUT2D eigenvalue weighted by atomic mass is 16.7. The van der Waals surface area contributed by atoms with Gasteiger partial charge in [0, 0.05) is 13.0 Å². The van der Waals surface area contributed by atoms with Crippen LogP contribution in [-0.2, 0) is 33.2 Å². The van der Waals surface area contributed by atoms with Gasteiger partial charge >= 0.3 is 5.97 Å². The van der Waals surface area contributed by atoms with Gasteiger partial charge in [-0.3, -0.25) is 4.79 Å². The molecule has 384 valence electrons.